The molecule has 2 aliphatic carbocycles. The Balaban J connectivity index is 0.000000206. The molecule has 1 saturated carbocycles. The van der Waals surface area contributed by atoms with Crippen molar-refractivity contribution in [1.29, 1.82) is 0 Å². The van der Waals surface area contributed by atoms with Gasteiger partial charge in [0.2, 0.25) is 5.78 Å². The monoisotopic (exact) mass is 506 g/mol. The van der Waals surface area contributed by atoms with Crippen molar-refractivity contribution in [3.63, 3.8) is 0 Å². The van der Waals surface area contributed by atoms with Crippen LogP contribution in [0.1, 0.15) is 63.6 Å². The Morgan fingerprint density at radius 2 is 1.65 bits per heavy atom. The zero-order valence-electron chi connectivity index (χ0n) is 20.6. The molecule has 4 atom stereocenters. The third-order valence-corrected chi connectivity index (χ3v) is 6.41. The maximum atomic E-state index is 12.3. The second kappa shape index (κ2) is 11.9. The van der Waals surface area contributed by atoms with Crippen LogP contribution in [0.25, 0.3) is 0 Å². The Labute approximate surface area is 214 Å². The van der Waals surface area contributed by atoms with Gasteiger partial charge in [-0.1, -0.05) is 49.8 Å². The fourth-order valence-electron chi connectivity index (χ4n) is 4.49. The minimum Gasteiger partial charge on any atom is -0.507 e. The molecule has 8 heteroatoms. The lowest BCUT2D eigenvalue weighted by Crippen LogP contribution is -2.47. The molecule has 0 aliphatic heterocycles. The van der Waals surface area contributed by atoms with Gasteiger partial charge in [0, 0.05) is 11.1 Å². The van der Waals surface area contributed by atoms with Crippen LogP contribution in [0.4, 0.5) is 0 Å². The van der Waals surface area contributed by atoms with E-state index in [0.717, 1.165) is 12.8 Å². The van der Waals surface area contributed by atoms with E-state index in [2.05, 4.69) is 6.92 Å². The summed E-state index contributed by atoms with van der Waals surface area (Å²) < 4.78 is 0. The fourth-order valence-corrected chi connectivity index (χ4v) is 4.49. The molecule has 2 aromatic rings. The highest BCUT2D eigenvalue weighted by molar-refractivity contribution is 6.30. The predicted molar refractivity (Wildman–Crippen MR) is 136 cm³/mol. The number of hydrogen-bond acceptors (Lipinski definition) is 8. The minimum absolute atomic E-state index is 0.0374. The number of aryl methyl sites for hydroxylation is 1. The number of carbonyl (C=O) groups excluding carboxylic acids is 4. The summed E-state index contributed by atoms with van der Waals surface area (Å²) in [6, 6.07) is 7.36. The standard InChI is InChI=1S/C15H10O4.C14H20O4/c1-7-5-9-13(11(17)6-7)15(19)12-8(14(9)18)3-2-4-10(12)16;1-2-3-4-5-6-7-10-8-12(16)14(18)13(17)11(10)9-15/h2-6,16-17H,1H3;4-7,9-12,14,16,18H,2-3,8H2,1H3. The summed E-state index contributed by atoms with van der Waals surface area (Å²) in [5, 5.41) is 38.6. The molecule has 0 spiro atoms. The number of Topliss-reactive ketones (excluding diaryl/α,β-unsaturated/α-hetero) is 1. The highest BCUT2D eigenvalue weighted by Crippen LogP contribution is 2.37. The first kappa shape index (κ1) is 27.7. The highest BCUT2D eigenvalue weighted by Gasteiger charge is 2.41. The van der Waals surface area contributed by atoms with Gasteiger partial charge in [0.1, 0.15) is 23.9 Å². The molecule has 8 nitrogen and oxygen atoms in total. The first-order valence-corrected chi connectivity index (χ1v) is 12.1. The molecule has 0 aromatic heterocycles. The maximum absolute atomic E-state index is 12.3. The lowest BCUT2D eigenvalue weighted by Gasteiger charge is -2.31. The number of phenolic OH excluding ortho intramolecular Hbond substituents is 2. The number of aliphatic hydroxyl groups excluding tert-OH is 2. The number of unbranched alkanes of at least 4 members (excludes halogenated alkanes) is 1. The summed E-state index contributed by atoms with van der Waals surface area (Å²) in [4.78, 5) is 47.2. The van der Waals surface area contributed by atoms with E-state index in [1.54, 1.807) is 25.1 Å². The van der Waals surface area contributed by atoms with Crippen LogP contribution in [0.2, 0.25) is 0 Å². The van der Waals surface area contributed by atoms with E-state index < -0.39 is 29.7 Å². The van der Waals surface area contributed by atoms with Crippen LogP contribution in [-0.2, 0) is 9.59 Å². The molecular formula is C29H30O8. The molecule has 4 unspecified atom stereocenters. The van der Waals surface area contributed by atoms with Crippen molar-refractivity contribution >= 4 is 23.6 Å². The van der Waals surface area contributed by atoms with Crippen molar-refractivity contribution < 1.29 is 39.6 Å². The van der Waals surface area contributed by atoms with Gasteiger partial charge in [-0.2, -0.15) is 0 Å². The first-order chi connectivity index (χ1) is 17.6. The molecule has 0 heterocycles. The van der Waals surface area contributed by atoms with Gasteiger partial charge in [0.25, 0.3) is 0 Å². The van der Waals surface area contributed by atoms with Crippen molar-refractivity contribution in [1.82, 2.24) is 0 Å². The summed E-state index contributed by atoms with van der Waals surface area (Å²) in [5.74, 6) is -3.14. The quantitative estimate of drug-likeness (QED) is 0.234. The summed E-state index contributed by atoms with van der Waals surface area (Å²) in [5.41, 5.74) is 0.966. The Morgan fingerprint density at radius 1 is 0.946 bits per heavy atom. The van der Waals surface area contributed by atoms with E-state index in [1.807, 2.05) is 12.2 Å². The Bertz CT molecular complexity index is 1270. The molecule has 0 radical (unpaired) electrons. The lowest BCUT2D eigenvalue weighted by atomic mass is 9.76. The van der Waals surface area contributed by atoms with Gasteiger partial charge < -0.3 is 25.2 Å². The van der Waals surface area contributed by atoms with Gasteiger partial charge in [0.05, 0.1) is 23.1 Å². The molecule has 0 bridgehead atoms. The van der Waals surface area contributed by atoms with Crippen molar-refractivity contribution in [3.8, 4) is 11.5 Å². The molecule has 4 rings (SSSR count). The Morgan fingerprint density at radius 3 is 2.32 bits per heavy atom. The van der Waals surface area contributed by atoms with Crippen LogP contribution >= 0.6 is 0 Å². The van der Waals surface area contributed by atoms with Crippen molar-refractivity contribution in [2.45, 2.75) is 45.3 Å². The molecule has 0 saturated heterocycles. The minimum atomic E-state index is -1.43. The van der Waals surface area contributed by atoms with Gasteiger partial charge in [-0.05, 0) is 49.4 Å². The Hall–Kier alpha value is -3.88. The van der Waals surface area contributed by atoms with Crippen LogP contribution in [0.15, 0.2) is 54.6 Å². The number of hydrogen-bond donors (Lipinski definition) is 4. The number of phenols is 2. The zero-order valence-corrected chi connectivity index (χ0v) is 20.6. The molecule has 0 amide bonds. The van der Waals surface area contributed by atoms with Crippen LogP contribution in [0.5, 0.6) is 11.5 Å². The second-order valence-corrected chi connectivity index (χ2v) is 9.14. The number of carbonyl (C=O) groups is 4. The lowest BCUT2D eigenvalue weighted by molar-refractivity contribution is -0.146. The number of rotatable bonds is 5. The smallest absolute Gasteiger partial charge is 0.201 e. The largest absolute Gasteiger partial charge is 0.507 e. The summed E-state index contributed by atoms with van der Waals surface area (Å²) in [7, 11) is 0. The van der Waals surface area contributed by atoms with Crippen LogP contribution in [-0.4, -0.2) is 56.3 Å². The number of fused-ring (bicyclic) bond motifs is 2. The number of allylic oxidation sites excluding steroid dienone is 4. The van der Waals surface area contributed by atoms with Crippen molar-refractivity contribution in [2.75, 3.05) is 0 Å². The molecule has 2 aromatic carbocycles. The van der Waals surface area contributed by atoms with Gasteiger partial charge in [-0.15, -0.1) is 0 Å². The highest BCUT2D eigenvalue weighted by atomic mass is 16.3. The maximum Gasteiger partial charge on any atom is 0.201 e. The van der Waals surface area contributed by atoms with Crippen molar-refractivity contribution in [3.05, 3.63) is 82.5 Å². The Kier molecular flexibility index (Phi) is 8.91. The van der Waals surface area contributed by atoms with Gasteiger partial charge in [-0.3, -0.25) is 14.4 Å². The number of aliphatic hydroxyl groups is 2. The molecule has 2 aliphatic rings. The molecular weight excluding hydrogens is 476 g/mol. The molecule has 1 fully saturated rings. The number of benzene rings is 2. The fraction of sp³-hybridized carbons (Fsp3) is 0.310. The number of aromatic hydroxyl groups is 2. The van der Waals surface area contributed by atoms with Gasteiger partial charge in [0.15, 0.2) is 11.6 Å². The number of ketones is 3. The SMILES string of the molecule is CCCC=CC=CC1CC(O)C(O)C(=O)C1C=O.Cc1cc(O)c2c(c1)C(=O)c1cccc(O)c1C2=O. The van der Waals surface area contributed by atoms with E-state index in [4.69, 9.17) is 0 Å². The number of aldehydes is 1. The van der Waals surface area contributed by atoms with E-state index in [-0.39, 0.29) is 51.9 Å². The van der Waals surface area contributed by atoms with E-state index in [1.165, 1.54) is 24.3 Å². The summed E-state index contributed by atoms with van der Waals surface area (Å²) in [6.07, 6.45) is 7.72. The summed E-state index contributed by atoms with van der Waals surface area (Å²) in [6.45, 7) is 3.81. The molecule has 37 heavy (non-hydrogen) atoms. The summed E-state index contributed by atoms with van der Waals surface area (Å²) >= 11 is 0. The predicted octanol–water partition coefficient (Wildman–Crippen LogP) is 3.21. The van der Waals surface area contributed by atoms with E-state index in [0.29, 0.717) is 11.8 Å². The van der Waals surface area contributed by atoms with Gasteiger partial charge in [-0.25, -0.2) is 0 Å². The van der Waals surface area contributed by atoms with Gasteiger partial charge >= 0.3 is 0 Å². The zero-order chi connectivity index (χ0) is 27.3. The third kappa shape index (κ3) is 5.76. The van der Waals surface area contributed by atoms with Crippen LogP contribution < -0.4 is 0 Å². The normalized spacial score (nSPS) is 23.0. The second-order valence-electron chi connectivity index (χ2n) is 9.14. The topological polar surface area (TPSA) is 149 Å². The average Bonchev–Trinajstić information content (AvgIpc) is 2.85. The van der Waals surface area contributed by atoms with Crippen molar-refractivity contribution in [2.24, 2.45) is 11.8 Å². The molecule has 4 N–H and O–H groups in total. The first-order valence-electron chi connectivity index (χ1n) is 12.1. The van der Waals surface area contributed by atoms with Crippen LogP contribution in [0.3, 0.4) is 0 Å². The molecule has 194 valence electrons. The van der Waals surface area contributed by atoms with E-state index >= 15 is 0 Å². The van der Waals surface area contributed by atoms with E-state index in [9.17, 15) is 39.6 Å². The van der Waals surface area contributed by atoms with Crippen LogP contribution in [0, 0.1) is 18.8 Å². The third-order valence-electron chi connectivity index (χ3n) is 6.41. The average molecular weight is 507 g/mol.